The summed E-state index contributed by atoms with van der Waals surface area (Å²) < 4.78 is 15.7. The smallest absolute Gasteiger partial charge is 0.303 e. The third-order valence-corrected chi connectivity index (χ3v) is 3.01. The minimum absolute atomic E-state index is 0.0975. The molecule has 0 amide bonds. The first-order chi connectivity index (χ1) is 9.04. The molecular formula is C14H22O5. The molecule has 0 radical (unpaired) electrons. The maximum atomic E-state index is 11.2. The van der Waals surface area contributed by atoms with Crippen molar-refractivity contribution in [2.75, 3.05) is 6.61 Å². The molecule has 1 aliphatic heterocycles. The summed E-state index contributed by atoms with van der Waals surface area (Å²) >= 11 is 0. The van der Waals surface area contributed by atoms with Crippen molar-refractivity contribution in [2.24, 2.45) is 5.92 Å². The van der Waals surface area contributed by atoms with Gasteiger partial charge in [-0.2, -0.15) is 0 Å². The Kier molecular flexibility index (Phi) is 6.39. The van der Waals surface area contributed by atoms with E-state index in [0.717, 1.165) is 19.3 Å². The van der Waals surface area contributed by atoms with E-state index in [1.165, 1.54) is 13.8 Å². The van der Waals surface area contributed by atoms with Crippen molar-refractivity contribution in [3.05, 3.63) is 12.3 Å². The Balaban J connectivity index is 2.68. The predicted octanol–water partition coefficient (Wildman–Crippen LogP) is 2.20. The third kappa shape index (κ3) is 5.32. The van der Waals surface area contributed by atoms with E-state index in [1.807, 2.05) is 6.08 Å². The second-order valence-corrected chi connectivity index (χ2v) is 4.69. The van der Waals surface area contributed by atoms with E-state index in [2.05, 4.69) is 6.92 Å². The Bertz CT molecular complexity index is 337. The number of carbonyl (C=O) groups is 2. The normalized spacial score (nSPS) is 25.5. The summed E-state index contributed by atoms with van der Waals surface area (Å²) in [5.74, 6) is -0.610. The first-order valence-electron chi connectivity index (χ1n) is 6.67. The zero-order valence-corrected chi connectivity index (χ0v) is 11.8. The van der Waals surface area contributed by atoms with Gasteiger partial charge in [0.1, 0.15) is 12.7 Å². The molecule has 0 aromatic carbocycles. The van der Waals surface area contributed by atoms with Gasteiger partial charge in [0.25, 0.3) is 0 Å². The summed E-state index contributed by atoms with van der Waals surface area (Å²) in [6.07, 6.45) is 5.74. The van der Waals surface area contributed by atoms with Gasteiger partial charge in [-0.05, 0) is 12.5 Å². The average Bonchev–Trinajstić information content (AvgIpc) is 2.35. The number of carbonyl (C=O) groups excluding carboxylic acids is 2. The van der Waals surface area contributed by atoms with Crippen LogP contribution >= 0.6 is 0 Å². The minimum atomic E-state index is -0.431. The zero-order valence-electron chi connectivity index (χ0n) is 11.8. The lowest BCUT2D eigenvalue weighted by Gasteiger charge is -2.33. The van der Waals surface area contributed by atoms with Crippen LogP contribution in [0.1, 0.15) is 40.0 Å². The van der Waals surface area contributed by atoms with Crippen LogP contribution in [0.2, 0.25) is 0 Å². The van der Waals surface area contributed by atoms with Crippen LogP contribution in [-0.4, -0.2) is 30.8 Å². The lowest BCUT2D eigenvalue weighted by atomic mass is 9.91. The highest BCUT2D eigenvalue weighted by atomic mass is 16.6. The molecule has 0 N–H and O–H groups in total. The van der Waals surface area contributed by atoms with E-state index in [-0.39, 0.29) is 24.5 Å². The molecule has 1 aliphatic rings. The second-order valence-electron chi connectivity index (χ2n) is 4.69. The molecule has 0 unspecified atom stereocenters. The number of rotatable bonds is 6. The zero-order chi connectivity index (χ0) is 14.3. The Morgan fingerprint density at radius 2 is 2.00 bits per heavy atom. The number of esters is 2. The Morgan fingerprint density at radius 3 is 2.58 bits per heavy atom. The lowest BCUT2D eigenvalue weighted by Crippen LogP contribution is -2.43. The first kappa shape index (κ1) is 15.5. The molecule has 1 rings (SSSR count). The molecule has 1 heterocycles. The minimum Gasteiger partial charge on any atom is -0.491 e. The molecule has 0 aromatic rings. The standard InChI is InChI=1S/C14H22O5/c1-4-5-6-12-7-8-17-13(9-18-10(2)15)14(12)19-11(3)16/h7-8,12-14H,4-6,9H2,1-3H3/t12-,13-,14+/m1/s1. The van der Waals surface area contributed by atoms with E-state index >= 15 is 0 Å². The second kappa shape index (κ2) is 7.81. The van der Waals surface area contributed by atoms with Gasteiger partial charge in [-0.25, -0.2) is 0 Å². The molecule has 0 spiro atoms. The highest BCUT2D eigenvalue weighted by Crippen LogP contribution is 2.26. The van der Waals surface area contributed by atoms with Gasteiger partial charge in [0.15, 0.2) is 6.10 Å². The van der Waals surface area contributed by atoms with Gasteiger partial charge >= 0.3 is 11.9 Å². The van der Waals surface area contributed by atoms with Crippen LogP contribution in [0, 0.1) is 5.92 Å². The van der Waals surface area contributed by atoms with Gasteiger partial charge in [0.05, 0.1) is 6.26 Å². The molecule has 19 heavy (non-hydrogen) atoms. The molecule has 5 heteroatoms. The van der Waals surface area contributed by atoms with Gasteiger partial charge in [0.2, 0.25) is 0 Å². The van der Waals surface area contributed by atoms with Crippen molar-refractivity contribution in [3.8, 4) is 0 Å². The van der Waals surface area contributed by atoms with Crippen LogP contribution in [0.3, 0.4) is 0 Å². The van der Waals surface area contributed by atoms with E-state index in [9.17, 15) is 9.59 Å². The molecule has 0 fully saturated rings. The summed E-state index contributed by atoms with van der Waals surface area (Å²) in [5, 5.41) is 0. The van der Waals surface area contributed by atoms with Crippen LogP contribution < -0.4 is 0 Å². The molecule has 0 aromatic heterocycles. The molecule has 3 atom stereocenters. The van der Waals surface area contributed by atoms with Gasteiger partial charge in [-0.3, -0.25) is 9.59 Å². The molecule has 108 valence electrons. The summed E-state index contributed by atoms with van der Waals surface area (Å²) in [6, 6.07) is 0. The van der Waals surface area contributed by atoms with Crippen LogP contribution in [-0.2, 0) is 23.8 Å². The lowest BCUT2D eigenvalue weighted by molar-refractivity contribution is -0.164. The molecule has 0 bridgehead atoms. The summed E-state index contributed by atoms with van der Waals surface area (Å²) in [7, 11) is 0. The Morgan fingerprint density at radius 1 is 1.26 bits per heavy atom. The number of ether oxygens (including phenoxy) is 3. The van der Waals surface area contributed by atoms with E-state index in [0.29, 0.717) is 0 Å². The van der Waals surface area contributed by atoms with Crippen molar-refractivity contribution in [1.82, 2.24) is 0 Å². The van der Waals surface area contributed by atoms with Gasteiger partial charge < -0.3 is 14.2 Å². The predicted molar refractivity (Wildman–Crippen MR) is 69.2 cm³/mol. The SMILES string of the molecule is CCCC[C@@H]1C=CO[C@H](COC(C)=O)[C@H]1OC(C)=O. The van der Waals surface area contributed by atoms with Crippen molar-refractivity contribution < 1.29 is 23.8 Å². The highest BCUT2D eigenvalue weighted by molar-refractivity contribution is 5.66. The monoisotopic (exact) mass is 270 g/mol. The fourth-order valence-electron chi connectivity index (χ4n) is 2.10. The molecular weight excluding hydrogens is 248 g/mol. The van der Waals surface area contributed by atoms with E-state index in [1.54, 1.807) is 6.26 Å². The van der Waals surface area contributed by atoms with Gasteiger partial charge in [-0.1, -0.05) is 19.8 Å². The number of hydrogen-bond donors (Lipinski definition) is 0. The van der Waals surface area contributed by atoms with E-state index < -0.39 is 12.2 Å². The maximum Gasteiger partial charge on any atom is 0.303 e. The quantitative estimate of drug-likeness (QED) is 0.692. The number of unbranched alkanes of at least 4 members (excludes halogenated alkanes) is 1. The fourth-order valence-corrected chi connectivity index (χ4v) is 2.10. The van der Waals surface area contributed by atoms with Crippen molar-refractivity contribution >= 4 is 11.9 Å². The van der Waals surface area contributed by atoms with Gasteiger partial charge in [0, 0.05) is 19.8 Å². The fraction of sp³-hybridized carbons (Fsp3) is 0.714. The Labute approximate surface area is 113 Å². The van der Waals surface area contributed by atoms with Crippen molar-refractivity contribution in [3.63, 3.8) is 0 Å². The Hall–Kier alpha value is -1.52. The van der Waals surface area contributed by atoms with E-state index in [4.69, 9.17) is 14.2 Å². The van der Waals surface area contributed by atoms with Crippen molar-refractivity contribution in [1.29, 1.82) is 0 Å². The van der Waals surface area contributed by atoms with Crippen molar-refractivity contribution in [2.45, 2.75) is 52.2 Å². The van der Waals surface area contributed by atoms with Gasteiger partial charge in [-0.15, -0.1) is 0 Å². The summed E-state index contributed by atoms with van der Waals surface area (Å²) in [5.41, 5.74) is 0. The largest absolute Gasteiger partial charge is 0.491 e. The molecule has 0 aliphatic carbocycles. The first-order valence-corrected chi connectivity index (χ1v) is 6.67. The summed E-state index contributed by atoms with van der Waals surface area (Å²) in [4.78, 5) is 22.1. The average molecular weight is 270 g/mol. The topological polar surface area (TPSA) is 61.8 Å². The van der Waals surface area contributed by atoms with Crippen LogP contribution in [0.25, 0.3) is 0 Å². The number of hydrogen-bond acceptors (Lipinski definition) is 5. The molecule has 0 saturated carbocycles. The molecule has 5 nitrogen and oxygen atoms in total. The van der Waals surface area contributed by atoms with Crippen LogP contribution in [0.4, 0.5) is 0 Å². The molecule has 0 saturated heterocycles. The highest BCUT2D eigenvalue weighted by Gasteiger charge is 2.35. The van der Waals surface area contributed by atoms with Crippen LogP contribution in [0.5, 0.6) is 0 Å². The van der Waals surface area contributed by atoms with Crippen LogP contribution in [0.15, 0.2) is 12.3 Å². The third-order valence-electron chi connectivity index (χ3n) is 3.01. The summed E-state index contributed by atoms with van der Waals surface area (Å²) in [6.45, 7) is 4.92. The maximum absolute atomic E-state index is 11.2.